The zero-order chi connectivity index (χ0) is 18.6. The fourth-order valence-electron chi connectivity index (χ4n) is 3.91. The van der Waals surface area contributed by atoms with Gasteiger partial charge in [0.2, 0.25) is 0 Å². The molecule has 1 fully saturated rings. The Labute approximate surface area is 156 Å². The maximum Gasteiger partial charge on any atom is 0.120 e. The third-order valence-corrected chi connectivity index (χ3v) is 5.81. The Morgan fingerprint density at radius 3 is 2.73 bits per heavy atom. The maximum absolute atomic E-state index is 10.3. The summed E-state index contributed by atoms with van der Waals surface area (Å²) >= 11 is 0. The normalized spacial score (nSPS) is 26.4. The second-order valence-electron chi connectivity index (χ2n) is 7.62. The molecule has 1 heterocycles. The van der Waals surface area contributed by atoms with Crippen molar-refractivity contribution in [2.45, 2.75) is 44.8 Å². The van der Waals surface area contributed by atoms with E-state index in [1.807, 2.05) is 30.3 Å². The molecule has 0 aliphatic carbocycles. The second kappa shape index (κ2) is 8.07. The molecule has 0 amide bonds. The average Bonchev–Trinajstić information content (AvgIpc) is 2.66. The molecule has 138 valence electrons. The van der Waals surface area contributed by atoms with Gasteiger partial charge >= 0.3 is 0 Å². The molecule has 0 aromatic heterocycles. The Kier molecular flexibility index (Phi) is 5.80. The molecule has 26 heavy (non-hydrogen) atoms. The van der Waals surface area contributed by atoms with Crippen molar-refractivity contribution >= 4 is 0 Å². The fraction of sp³-hybridized carbons (Fsp3) is 0.391. The highest BCUT2D eigenvalue weighted by atomic mass is 16.5. The van der Waals surface area contributed by atoms with Gasteiger partial charge in [-0.05, 0) is 47.4 Å². The van der Waals surface area contributed by atoms with E-state index in [1.165, 1.54) is 10.6 Å². The average molecular weight is 351 g/mol. The van der Waals surface area contributed by atoms with Crippen molar-refractivity contribution in [3.05, 3.63) is 78.4 Å². The molecule has 1 aliphatic rings. The first-order valence-electron chi connectivity index (χ1n) is 9.36. The number of hydroxylamine groups is 2. The van der Waals surface area contributed by atoms with Gasteiger partial charge in [-0.3, -0.25) is 0 Å². The van der Waals surface area contributed by atoms with Crippen molar-refractivity contribution in [3.63, 3.8) is 0 Å². The summed E-state index contributed by atoms with van der Waals surface area (Å²) in [5.41, 5.74) is 2.44. The van der Waals surface area contributed by atoms with Gasteiger partial charge in [0.25, 0.3) is 0 Å². The summed E-state index contributed by atoms with van der Waals surface area (Å²) in [5, 5.41) is 11.8. The number of hydrogen-bond donors (Lipinski definition) is 1. The summed E-state index contributed by atoms with van der Waals surface area (Å²) in [7, 11) is 0. The van der Waals surface area contributed by atoms with E-state index in [2.05, 4.69) is 50.8 Å². The van der Waals surface area contributed by atoms with E-state index in [1.54, 1.807) is 0 Å². The Morgan fingerprint density at radius 2 is 2.00 bits per heavy atom. The third-order valence-electron chi connectivity index (χ3n) is 5.81. The molecule has 2 aromatic carbocycles. The van der Waals surface area contributed by atoms with Gasteiger partial charge in [0.1, 0.15) is 12.4 Å². The van der Waals surface area contributed by atoms with Crippen LogP contribution in [0.5, 0.6) is 5.75 Å². The van der Waals surface area contributed by atoms with Gasteiger partial charge < -0.3 is 9.94 Å². The van der Waals surface area contributed by atoms with Crippen molar-refractivity contribution in [2.24, 2.45) is 5.92 Å². The first-order chi connectivity index (χ1) is 12.5. The van der Waals surface area contributed by atoms with Crippen molar-refractivity contribution < 1.29 is 9.94 Å². The zero-order valence-electron chi connectivity index (χ0n) is 15.8. The van der Waals surface area contributed by atoms with E-state index >= 15 is 0 Å². The monoisotopic (exact) mass is 351 g/mol. The zero-order valence-corrected chi connectivity index (χ0v) is 15.8. The summed E-state index contributed by atoms with van der Waals surface area (Å²) in [4.78, 5) is 0. The van der Waals surface area contributed by atoms with E-state index in [9.17, 15) is 5.21 Å². The van der Waals surface area contributed by atoms with E-state index in [0.29, 0.717) is 19.1 Å². The molecule has 0 radical (unpaired) electrons. The van der Waals surface area contributed by atoms with E-state index in [0.717, 1.165) is 24.2 Å². The SMILES string of the molecule is C=CC[C@H]1C[C@@](C)(c2cccc(OCc3ccccc3)c2)[C@@H](C)CN1O. The number of ether oxygens (including phenoxy) is 1. The van der Waals surface area contributed by atoms with Gasteiger partial charge in [-0.1, -0.05) is 62.4 Å². The smallest absolute Gasteiger partial charge is 0.120 e. The molecule has 3 rings (SSSR count). The van der Waals surface area contributed by atoms with Crippen LogP contribution in [0.2, 0.25) is 0 Å². The Hall–Kier alpha value is -2.10. The van der Waals surface area contributed by atoms with Gasteiger partial charge in [-0.25, -0.2) is 0 Å². The molecule has 0 saturated carbocycles. The van der Waals surface area contributed by atoms with Gasteiger partial charge in [-0.15, -0.1) is 6.58 Å². The molecule has 1 saturated heterocycles. The summed E-state index contributed by atoms with van der Waals surface area (Å²) in [6.45, 7) is 9.59. The highest BCUT2D eigenvalue weighted by Gasteiger charge is 2.42. The Morgan fingerprint density at radius 1 is 1.23 bits per heavy atom. The van der Waals surface area contributed by atoms with Crippen molar-refractivity contribution in [2.75, 3.05) is 6.54 Å². The summed E-state index contributed by atoms with van der Waals surface area (Å²) in [6, 6.07) is 18.8. The minimum absolute atomic E-state index is 0.000969. The van der Waals surface area contributed by atoms with Crippen LogP contribution in [0.1, 0.15) is 37.8 Å². The second-order valence-corrected chi connectivity index (χ2v) is 7.62. The Bertz CT molecular complexity index is 730. The molecule has 1 aliphatic heterocycles. The van der Waals surface area contributed by atoms with Gasteiger partial charge in [-0.2, -0.15) is 5.06 Å². The standard InChI is InChI=1S/C23H29NO2/c1-4-9-21-15-23(3,18(2)16-24(21)25)20-12-8-13-22(14-20)26-17-19-10-6-5-7-11-19/h4-8,10-14,18,21,25H,1,9,15-17H2,2-3H3/t18-,21-,23+/m0/s1. The first kappa shape index (κ1) is 18.7. The van der Waals surface area contributed by atoms with Crippen LogP contribution in [-0.4, -0.2) is 22.9 Å². The van der Waals surface area contributed by atoms with Gasteiger partial charge in [0.15, 0.2) is 0 Å². The summed E-state index contributed by atoms with van der Waals surface area (Å²) in [5.74, 6) is 1.24. The van der Waals surface area contributed by atoms with Crippen LogP contribution in [0.4, 0.5) is 0 Å². The van der Waals surface area contributed by atoms with Gasteiger partial charge in [0.05, 0.1) is 0 Å². The highest BCUT2D eigenvalue weighted by Crippen LogP contribution is 2.43. The molecule has 0 unspecified atom stereocenters. The van der Waals surface area contributed by atoms with Crippen LogP contribution >= 0.6 is 0 Å². The lowest BCUT2D eigenvalue weighted by atomic mass is 9.66. The molecule has 1 N–H and O–H groups in total. The fourth-order valence-corrected chi connectivity index (χ4v) is 3.91. The van der Waals surface area contributed by atoms with Crippen LogP contribution in [0.15, 0.2) is 67.3 Å². The lowest BCUT2D eigenvalue weighted by Crippen LogP contribution is -2.51. The molecule has 0 bridgehead atoms. The predicted octanol–water partition coefficient (Wildman–Crippen LogP) is 5.20. The number of benzene rings is 2. The number of nitrogens with zero attached hydrogens (tertiary/aromatic N) is 1. The minimum Gasteiger partial charge on any atom is -0.489 e. The third kappa shape index (κ3) is 4.00. The molecular weight excluding hydrogens is 322 g/mol. The molecule has 3 heteroatoms. The summed E-state index contributed by atoms with van der Waals surface area (Å²) < 4.78 is 6.02. The number of piperidine rings is 1. The lowest BCUT2D eigenvalue weighted by Gasteiger charge is -2.47. The molecule has 3 nitrogen and oxygen atoms in total. The molecular formula is C23H29NO2. The highest BCUT2D eigenvalue weighted by molar-refractivity contribution is 5.35. The van der Waals surface area contributed by atoms with Crippen molar-refractivity contribution in [1.82, 2.24) is 5.06 Å². The predicted molar refractivity (Wildman–Crippen MR) is 105 cm³/mol. The van der Waals surface area contributed by atoms with E-state index in [4.69, 9.17) is 4.74 Å². The first-order valence-corrected chi connectivity index (χ1v) is 9.36. The topological polar surface area (TPSA) is 32.7 Å². The number of rotatable bonds is 6. The van der Waals surface area contributed by atoms with Crippen LogP contribution in [0.3, 0.4) is 0 Å². The van der Waals surface area contributed by atoms with Crippen LogP contribution in [0.25, 0.3) is 0 Å². The molecule has 3 atom stereocenters. The van der Waals surface area contributed by atoms with Gasteiger partial charge in [0, 0.05) is 12.6 Å². The maximum atomic E-state index is 10.3. The van der Waals surface area contributed by atoms with E-state index < -0.39 is 0 Å². The molecule has 2 aromatic rings. The summed E-state index contributed by atoms with van der Waals surface area (Å²) in [6.07, 6.45) is 3.59. The largest absolute Gasteiger partial charge is 0.489 e. The molecule has 0 spiro atoms. The minimum atomic E-state index is -0.000969. The van der Waals surface area contributed by atoms with Crippen LogP contribution in [-0.2, 0) is 12.0 Å². The van der Waals surface area contributed by atoms with Crippen molar-refractivity contribution in [3.8, 4) is 5.75 Å². The quantitative estimate of drug-likeness (QED) is 0.726. The van der Waals surface area contributed by atoms with Crippen LogP contribution in [0, 0.1) is 5.92 Å². The number of hydrogen-bond acceptors (Lipinski definition) is 3. The lowest BCUT2D eigenvalue weighted by molar-refractivity contribution is -0.167. The van der Waals surface area contributed by atoms with E-state index in [-0.39, 0.29) is 11.5 Å². The van der Waals surface area contributed by atoms with Crippen molar-refractivity contribution in [1.29, 1.82) is 0 Å². The Balaban J connectivity index is 1.78. The van der Waals surface area contributed by atoms with Crippen LogP contribution < -0.4 is 4.74 Å².